The number of nitrogens with one attached hydrogen (secondary N) is 1. The first-order valence-corrected chi connectivity index (χ1v) is 12.7. The molecule has 3 N–H and O–H groups in total. The number of aromatic nitrogens is 4. The predicted octanol–water partition coefficient (Wildman–Crippen LogP) is 6.58. The Bertz CT molecular complexity index is 1550. The van der Waals surface area contributed by atoms with Gasteiger partial charge in [0.1, 0.15) is 17.3 Å². The Morgan fingerprint density at radius 1 is 0.944 bits per heavy atom. The molecule has 1 aliphatic rings. The van der Waals surface area contributed by atoms with Gasteiger partial charge in [-0.1, -0.05) is 0 Å². The highest BCUT2D eigenvalue weighted by molar-refractivity contribution is 7.13. The topological polar surface area (TPSA) is 98.8 Å². The number of hydrogen-bond donors (Lipinski definition) is 2. The maximum atomic E-state index is 6.12. The summed E-state index contributed by atoms with van der Waals surface area (Å²) >= 11 is 1.73. The van der Waals surface area contributed by atoms with Crippen molar-refractivity contribution in [3.05, 3.63) is 89.1 Å². The molecule has 0 saturated carbocycles. The summed E-state index contributed by atoms with van der Waals surface area (Å²) in [4.78, 5) is 9.68. The van der Waals surface area contributed by atoms with E-state index in [2.05, 4.69) is 43.9 Å². The molecule has 0 radical (unpaired) electrons. The average molecular weight is 493 g/mol. The molecule has 36 heavy (non-hydrogen) atoms. The Hall–Kier alpha value is -4.30. The van der Waals surface area contributed by atoms with Gasteiger partial charge in [-0.3, -0.25) is 0 Å². The van der Waals surface area contributed by atoms with E-state index in [9.17, 15) is 0 Å². The van der Waals surface area contributed by atoms with Crippen molar-refractivity contribution in [2.45, 2.75) is 26.2 Å². The number of nitrogens with zero attached hydrogens (tertiary/aromatic N) is 4. The van der Waals surface area contributed by atoms with Crippen LogP contribution in [0.3, 0.4) is 0 Å². The number of aryl methyl sites for hydroxylation is 1. The quantitative estimate of drug-likeness (QED) is 0.276. The second-order valence-electron chi connectivity index (χ2n) is 8.77. The second kappa shape index (κ2) is 9.39. The van der Waals surface area contributed by atoms with Crippen LogP contribution in [0.15, 0.2) is 72.4 Å². The monoisotopic (exact) mass is 492 g/mol. The van der Waals surface area contributed by atoms with Crippen LogP contribution in [-0.2, 0) is 12.8 Å². The van der Waals surface area contributed by atoms with Crippen LogP contribution in [0, 0.1) is 6.92 Å². The summed E-state index contributed by atoms with van der Waals surface area (Å²) < 4.78 is 6.12. The van der Waals surface area contributed by atoms with E-state index in [-0.39, 0.29) is 0 Å². The smallest absolute Gasteiger partial charge is 0.227 e. The van der Waals surface area contributed by atoms with Gasteiger partial charge < -0.3 is 15.8 Å². The van der Waals surface area contributed by atoms with E-state index in [4.69, 9.17) is 10.5 Å². The normalized spacial score (nSPS) is 12.4. The molecule has 0 bridgehead atoms. The minimum atomic E-state index is 0.450. The van der Waals surface area contributed by atoms with Crippen molar-refractivity contribution in [2.75, 3.05) is 11.1 Å². The third-order valence-corrected chi connectivity index (χ3v) is 7.25. The van der Waals surface area contributed by atoms with Crippen LogP contribution in [0.5, 0.6) is 11.6 Å². The number of anilines is 3. The van der Waals surface area contributed by atoms with Crippen LogP contribution in [0.25, 0.3) is 21.7 Å². The van der Waals surface area contributed by atoms with Gasteiger partial charge in [-0.2, -0.15) is 0 Å². The number of fused-ring (bicyclic) bond motifs is 1. The number of rotatable bonds is 6. The molecule has 8 heteroatoms. The molecule has 1 aliphatic carbocycles. The fourth-order valence-electron chi connectivity index (χ4n) is 4.50. The third kappa shape index (κ3) is 4.38. The summed E-state index contributed by atoms with van der Waals surface area (Å²) in [7, 11) is 0. The lowest BCUT2D eigenvalue weighted by atomic mass is 10.1. The number of nitrogen functional groups attached to an aromatic ring is 1. The van der Waals surface area contributed by atoms with Crippen molar-refractivity contribution in [2.24, 2.45) is 0 Å². The molecule has 0 saturated heterocycles. The van der Waals surface area contributed by atoms with E-state index in [0.29, 0.717) is 17.4 Å². The van der Waals surface area contributed by atoms with E-state index in [1.165, 1.54) is 21.6 Å². The van der Waals surface area contributed by atoms with Gasteiger partial charge in [-0.05, 0) is 103 Å². The van der Waals surface area contributed by atoms with E-state index in [1.807, 2.05) is 42.5 Å². The molecule has 7 nitrogen and oxygen atoms in total. The second-order valence-corrected chi connectivity index (χ2v) is 9.68. The summed E-state index contributed by atoms with van der Waals surface area (Å²) in [5, 5.41) is 14.8. The number of hydrogen-bond acceptors (Lipinski definition) is 8. The Morgan fingerprint density at radius 2 is 1.81 bits per heavy atom. The highest BCUT2D eigenvalue weighted by atomic mass is 32.1. The minimum absolute atomic E-state index is 0.450. The SMILES string of the molecule is Cc1csc(-c2nnc(Nc3ccc(Oc4ncccc4-c4ccnc(N)c4)cc3)c3c2CCC3)c1. The van der Waals surface area contributed by atoms with Crippen LogP contribution in [0.2, 0.25) is 0 Å². The third-order valence-electron chi connectivity index (χ3n) is 6.20. The van der Waals surface area contributed by atoms with Gasteiger partial charge in [-0.25, -0.2) is 9.97 Å². The molecule has 0 aliphatic heterocycles. The first-order chi connectivity index (χ1) is 17.6. The Labute approximate surface area is 213 Å². The molecule has 0 fully saturated rings. The number of pyridine rings is 2. The van der Waals surface area contributed by atoms with Gasteiger partial charge >= 0.3 is 0 Å². The lowest BCUT2D eigenvalue weighted by Crippen LogP contribution is -2.03. The van der Waals surface area contributed by atoms with Crippen molar-refractivity contribution in [3.8, 4) is 33.3 Å². The van der Waals surface area contributed by atoms with Crippen molar-refractivity contribution < 1.29 is 4.74 Å². The zero-order valence-corrected chi connectivity index (χ0v) is 20.5. The van der Waals surface area contributed by atoms with Crippen LogP contribution in [-0.4, -0.2) is 20.2 Å². The van der Waals surface area contributed by atoms with Crippen LogP contribution in [0.4, 0.5) is 17.3 Å². The van der Waals surface area contributed by atoms with Crippen molar-refractivity contribution in [1.82, 2.24) is 20.2 Å². The number of thiophene rings is 1. The zero-order chi connectivity index (χ0) is 24.5. The molecule has 0 atom stereocenters. The molecule has 1 aromatic carbocycles. The minimum Gasteiger partial charge on any atom is -0.438 e. The molecule has 4 aromatic heterocycles. The average Bonchev–Trinajstić information content (AvgIpc) is 3.56. The Balaban J connectivity index is 1.22. The fraction of sp³-hybridized carbons (Fsp3) is 0.143. The van der Waals surface area contributed by atoms with E-state index in [0.717, 1.165) is 47.6 Å². The molecule has 4 heterocycles. The maximum absolute atomic E-state index is 6.12. The van der Waals surface area contributed by atoms with Gasteiger partial charge in [0.05, 0.1) is 4.88 Å². The largest absolute Gasteiger partial charge is 0.438 e. The van der Waals surface area contributed by atoms with E-state index < -0.39 is 0 Å². The standard InChI is InChI=1S/C28H24N6OS/c1-17-14-24(36-16-17)26-22-4-2-5-23(22)27(34-33-26)32-19-7-9-20(10-8-19)35-28-21(6-3-12-31-28)18-11-13-30-25(29)15-18/h3,6-16H,2,4-5H2,1H3,(H2,29,30)(H,32,34). The van der Waals surface area contributed by atoms with Gasteiger partial charge in [0.25, 0.3) is 0 Å². The molecule has 6 rings (SSSR count). The van der Waals surface area contributed by atoms with E-state index >= 15 is 0 Å². The molecular formula is C28H24N6OS. The maximum Gasteiger partial charge on any atom is 0.227 e. The van der Waals surface area contributed by atoms with E-state index in [1.54, 1.807) is 29.8 Å². The molecule has 0 amide bonds. The zero-order valence-electron chi connectivity index (χ0n) is 19.7. The summed E-state index contributed by atoms with van der Waals surface area (Å²) in [6.07, 6.45) is 6.55. The molecule has 178 valence electrons. The van der Waals surface area contributed by atoms with Crippen molar-refractivity contribution in [1.29, 1.82) is 0 Å². The molecule has 0 spiro atoms. The first-order valence-electron chi connectivity index (χ1n) is 11.8. The Morgan fingerprint density at radius 3 is 2.61 bits per heavy atom. The number of ether oxygens (including phenoxy) is 1. The lowest BCUT2D eigenvalue weighted by molar-refractivity contribution is 0.465. The lowest BCUT2D eigenvalue weighted by Gasteiger charge is -2.13. The van der Waals surface area contributed by atoms with Crippen LogP contribution >= 0.6 is 11.3 Å². The highest BCUT2D eigenvalue weighted by Crippen LogP contribution is 2.37. The first kappa shape index (κ1) is 22.2. The summed E-state index contributed by atoms with van der Waals surface area (Å²) in [5.74, 6) is 2.47. The van der Waals surface area contributed by atoms with Crippen LogP contribution < -0.4 is 15.8 Å². The molecular weight excluding hydrogens is 468 g/mol. The predicted molar refractivity (Wildman–Crippen MR) is 144 cm³/mol. The molecule has 0 unspecified atom stereocenters. The van der Waals surface area contributed by atoms with Gasteiger partial charge in [0.2, 0.25) is 5.88 Å². The van der Waals surface area contributed by atoms with Crippen molar-refractivity contribution >= 4 is 28.7 Å². The number of nitrogens with two attached hydrogens (primary N) is 1. The summed E-state index contributed by atoms with van der Waals surface area (Å²) in [6, 6.07) is 17.5. The Kier molecular flexibility index (Phi) is 5.79. The molecule has 5 aromatic rings. The van der Waals surface area contributed by atoms with Crippen LogP contribution in [0.1, 0.15) is 23.1 Å². The summed E-state index contributed by atoms with van der Waals surface area (Å²) in [5.41, 5.74) is 13.4. The van der Waals surface area contributed by atoms with Gasteiger partial charge in [-0.15, -0.1) is 21.5 Å². The summed E-state index contributed by atoms with van der Waals surface area (Å²) in [6.45, 7) is 2.11. The van der Waals surface area contributed by atoms with Gasteiger partial charge in [0.15, 0.2) is 5.82 Å². The highest BCUT2D eigenvalue weighted by Gasteiger charge is 2.23. The fourth-order valence-corrected chi connectivity index (χ4v) is 5.41. The van der Waals surface area contributed by atoms with Crippen molar-refractivity contribution in [3.63, 3.8) is 0 Å². The van der Waals surface area contributed by atoms with Gasteiger partial charge in [0, 0.05) is 29.2 Å². The number of benzene rings is 1.